The number of amides is 3. The molecule has 1 N–H and O–H groups in total. The highest BCUT2D eigenvalue weighted by Crippen LogP contribution is 2.46. The number of imide groups is 1. The van der Waals surface area contributed by atoms with E-state index in [4.69, 9.17) is 0 Å². The first kappa shape index (κ1) is 19.4. The molecular formula is C24H26N2O3. The number of rotatable bonds is 5. The Hall–Kier alpha value is -2.95. The first-order chi connectivity index (χ1) is 14.0. The van der Waals surface area contributed by atoms with Gasteiger partial charge in [-0.15, -0.1) is 0 Å². The van der Waals surface area contributed by atoms with Crippen molar-refractivity contribution in [3.63, 3.8) is 0 Å². The van der Waals surface area contributed by atoms with Crippen molar-refractivity contribution in [2.75, 3.05) is 6.54 Å². The molecule has 1 spiro atoms. The molecular weight excluding hydrogens is 364 g/mol. The number of nitrogens with one attached hydrogen (secondary N) is 1. The zero-order valence-electron chi connectivity index (χ0n) is 16.7. The van der Waals surface area contributed by atoms with Gasteiger partial charge >= 0.3 is 0 Å². The molecule has 1 aliphatic heterocycles. The molecule has 5 nitrogen and oxygen atoms in total. The predicted octanol–water partition coefficient (Wildman–Crippen LogP) is 3.85. The molecule has 0 radical (unpaired) electrons. The molecule has 1 saturated heterocycles. The van der Waals surface area contributed by atoms with Crippen LogP contribution in [0.4, 0.5) is 0 Å². The molecule has 2 aromatic carbocycles. The van der Waals surface area contributed by atoms with Gasteiger partial charge in [0.05, 0.1) is 11.5 Å². The van der Waals surface area contributed by atoms with E-state index >= 15 is 0 Å². The number of likely N-dealkylation sites (tertiary alicyclic amines) is 1. The van der Waals surface area contributed by atoms with Crippen LogP contribution in [0.15, 0.2) is 54.6 Å². The summed E-state index contributed by atoms with van der Waals surface area (Å²) in [5, 5.41) is 2.92. The van der Waals surface area contributed by atoms with E-state index in [9.17, 15) is 14.4 Å². The zero-order chi connectivity index (χ0) is 20.4. The van der Waals surface area contributed by atoms with Crippen LogP contribution < -0.4 is 5.32 Å². The maximum atomic E-state index is 12.7. The first-order valence-corrected chi connectivity index (χ1v) is 10.3. The van der Waals surface area contributed by atoms with Gasteiger partial charge in [-0.05, 0) is 36.5 Å². The highest BCUT2D eigenvalue weighted by atomic mass is 16.2. The van der Waals surface area contributed by atoms with E-state index in [-0.39, 0.29) is 36.7 Å². The summed E-state index contributed by atoms with van der Waals surface area (Å²) < 4.78 is 0. The fourth-order valence-electron chi connectivity index (χ4n) is 4.57. The molecule has 1 aliphatic carbocycles. The number of benzene rings is 2. The van der Waals surface area contributed by atoms with Gasteiger partial charge in [0.25, 0.3) is 0 Å². The van der Waals surface area contributed by atoms with Crippen LogP contribution >= 0.6 is 0 Å². The number of hydrogen-bond donors (Lipinski definition) is 1. The van der Waals surface area contributed by atoms with Crippen LogP contribution in [0.2, 0.25) is 0 Å². The van der Waals surface area contributed by atoms with Crippen LogP contribution in [0.25, 0.3) is 11.1 Å². The van der Waals surface area contributed by atoms with Gasteiger partial charge in [-0.25, -0.2) is 0 Å². The Morgan fingerprint density at radius 3 is 2.28 bits per heavy atom. The lowest BCUT2D eigenvalue weighted by Gasteiger charge is -2.21. The molecule has 1 heterocycles. The maximum Gasteiger partial charge on any atom is 0.240 e. The second-order valence-corrected chi connectivity index (χ2v) is 8.23. The van der Waals surface area contributed by atoms with Crippen molar-refractivity contribution in [2.24, 2.45) is 5.41 Å². The smallest absolute Gasteiger partial charge is 0.240 e. The summed E-state index contributed by atoms with van der Waals surface area (Å²) in [6, 6.07) is 17.9. The Labute approximate surface area is 171 Å². The Bertz CT molecular complexity index is 915. The average molecular weight is 390 g/mol. The number of nitrogens with zero attached hydrogens (tertiary/aromatic N) is 1. The molecule has 5 heteroatoms. The van der Waals surface area contributed by atoms with Crippen LogP contribution in [0.5, 0.6) is 0 Å². The van der Waals surface area contributed by atoms with Crippen molar-refractivity contribution in [1.29, 1.82) is 0 Å². The van der Waals surface area contributed by atoms with Crippen molar-refractivity contribution >= 4 is 17.7 Å². The highest BCUT2D eigenvalue weighted by molar-refractivity contribution is 6.08. The lowest BCUT2D eigenvalue weighted by molar-refractivity contribution is -0.144. The van der Waals surface area contributed by atoms with Crippen LogP contribution in [0.3, 0.4) is 0 Å². The molecule has 4 rings (SSSR count). The molecule has 150 valence electrons. The molecule has 2 aromatic rings. The number of hydrogen-bond acceptors (Lipinski definition) is 3. The molecule has 0 bridgehead atoms. The van der Waals surface area contributed by atoms with Crippen LogP contribution in [-0.2, 0) is 14.4 Å². The van der Waals surface area contributed by atoms with Gasteiger partial charge in [0.2, 0.25) is 17.7 Å². The predicted molar refractivity (Wildman–Crippen MR) is 111 cm³/mol. The fraction of sp³-hybridized carbons (Fsp3) is 0.375. The second kappa shape index (κ2) is 7.82. The van der Waals surface area contributed by atoms with Gasteiger partial charge in [-0.1, -0.05) is 67.4 Å². The third-order valence-electron chi connectivity index (χ3n) is 6.25. The fourth-order valence-corrected chi connectivity index (χ4v) is 4.57. The summed E-state index contributed by atoms with van der Waals surface area (Å²) in [5.74, 6) is -0.677. The van der Waals surface area contributed by atoms with Gasteiger partial charge in [0.15, 0.2) is 0 Å². The average Bonchev–Trinajstić information content (AvgIpc) is 3.29. The van der Waals surface area contributed by atoms with Crippen molar-refractivity contribution in [1.82, 2.24) is 10.2 Å². The van der Waals surface area contributed by atoms with Crippen molar-refractivity contribution < 1.29 is 14.4 Å². The van der Waals surface area contributed by atoms with Gasteiger partial charge in [-0.3, -0.25) is 19.3 Å². The normalized spacial score (nSPS) is 19.0. The van der Waals surface area contributed by atoms with E-state index in [1.165, 1.54) is 0 Å². The summed E-state index contributed by atoms with van der Waals surface area (Å²) in [6.07, 6.45) is 3.75. The van der Waals surface area contributed by atoms with Gasteiger partial charge in [0.1, 0.15) is 6.54 Å². The van der Waals surface area contributed by atoms with Crippen molar-refractivity contribution in [2.45, 2.75) is 45.1 Å². The first-order valence-electron chi connectivity index (χ1n) is 10.3. The largest absolute Gasteiger partial charge is 0.348 e. The van der Waals surface area contributed by atoms with Crippen molar-refractivity contribution in [3.05, 3.63) is 60.2 Å². The molecule has 0 aromatic heterocycles. The monoisotopic (exact) mass is 390 g/mol. The van der Waals surface area contributed by atoms with Gasteiger partial charge in [0, 0.05) is 6.42 Å². The Morgan fingerprint density at radius 2 is 1.62 bits per heavy atom. The van der Waals surface area contributed by atoms with Gasteiger partial charge in [-0.2, -0.15) is 0 Å². The van der Waals surface area contributed by atoms with E-state index in [0.29, 0.717) is 0 Å². The Kier molecular flexibility index (Phi) is 5.22. The second-order valence-electron chi connectivity index (χ2n) is 8.23. The molecule has 2 aliphatic rings. The Morgan fingerprint density at radius 1 is 1.00 bits per heavy atom. The lowest BCUT2D eigenvalue weighted by atomic mass is 9.84. The summed E-state index contributed by atoms with van der Waals surface area (Å²) in [6.45, 7) is 1.72. The minimum atomic E-state index is -0.531. The van der Waals surface area contributed by atoms with E-state index in [2.05, 4.69) is 17.4 Å². The van der Waals surface area contributed by atoms with Crippen LogP contribution in [-0.4, -0.2) is 29.2 Å². The van der Waals surface area contributed by atoms with Gasteiger partial charge < -0.3 is 5.32 Å². The molecule has 2 fully saturated rings. The highest BCUT2D eigenvalue weighted by Gasteiger charge is 2.52. The third-order valence-corrected chi connectivity index (χ3v) is 6.25. The molecule has 3 amide bonds. The number of carbonyl (C=O) groups is 3. The standard InChI is InChI=1S/C24H26N2O3/c1-17(18-9-11-20(12-10-18)19-7-3-2-4-8-19)25-21(27)16-26-22(28)15-24(23(26)29)13-5-6-14-24/h2-4,7-12,17H,5-6,13-16H2,1H3,(H,25,27). The zero-order valence-corrected chi connectivity index (χ0v) is 16.7. The van der Waals surface area contributed by atoms with E-state index in [1.807, 2.05) is 49.4 Å². The number of carbonyl (C=O) groups excluding carboxylic acids is 3. The molecule has 29 heavy (non-hydrogen) atoms. The van der Waals surface area contributed by atoms with Crippen LogP contribution in [0.1, 0.15) is 50.6 Å². The molecule has 1 atom stereocenters. The SMILES string of the molecule is CC(NC(=O)CN1C(=O)CC2(CCCC2)C1=O)c1ccc(-c2ccccc2)cc1. The summed E-state index contributed by atoms with van der Waals surface area (Å²) in [7, 11) is 0. The van der Waals surface area contributed by atoms with E-state index < -0.39 is 5.41 Å². The van der Waals surface area contributed by atoms with Crippen molar-refractivity contribution in [3.8, 4) is 11.1 Å². The summed E-state index contributed by atoms with van der Waals surface area (Å²) >= 11 is 0. The molecule has 1 saturated carbocycles. The maximum absolute atomic E-state index is 12.7. The lowest BCUT2D eigenvalue weighted by Crippen LogP contribution is -2.42. The molecule has 1 unspecified atom stereocenters. The minimum Gasteiger partial charge on any atom is -0.348 e. The Balaban J connectivity index is 1.37. The summed E-state index contributed by atoms with van der Waals surface area (Å²) in [5.41, 5.74) is 2.70. The van der Waals surface area contributed by atoms with E-state index in [1.54, 1.807) is 0 Å². The third kappa shape index (κ3) is 3.82. The van der Waals surface area contributed by atoms with E-state index in [0.717, 1.165) is 47.3 Å². The quantitative estimate of drug-likeness (QED) is 0.789. The minimum absolute atomic E-state index is 0.157. The van der Waals surface area contributed by atoms with Crippen LogP contribution in [0, 0.1) is 5.41 Å². The topological polar surface area (TPSA) is 66.5 Å². The summed E-state index contributed by atoms with van der Waals surface area (Å²) in [4.78, 5) is 38.7.